The lowest BCUT2D eigenvalue weighted by atomic mass is 9.63. The number of hydrogen-bond donors (Lipinski definition) is 1. The van der Waals surface area contributed by atoms with Gasteiger partial charge in [0.1, 0.15) is 11.3 Å². The second-order valence-corrected chi connectivity index (χ2v) is 13.9. The molecule has 3 aromatic rings. The van der Waals surface area contributed by atoms with E-state index in [1.807, 2.05) is 19.9 Å². The molecule has 2 saturated carbocycles. The quantitative estimate of drug-likeness (QED) is 0.321. The van der Waals surface area contributed by atoms with Gasteiger partial charge in [-0.25, -0.2) is 18.2 Å². The van der Waals surface area contributed by atoms with Crippen molar-refractivity contribution in [1.82, 2.24) is 9.88 Å². The molecule has 3 fully saturated rings. The lowest BCUT2D eigenvalue weighted by molar-refractivity contribution is -0.153. The number of alkyl halides is 2. The van der Waals surface area contributed by atoms with Crippen LogP contribution in [0.1, 0.15) is 69.0 Å². The number of Topliss-reactive ketones (excluding diaryl/α,β-unsaturated/α-hetero) is 1. The summed E-state index contributed by atoms with van der Waals surface area (Å²) in [5, 5.41) is 20.0. The Bertz CT molecular complexity index is 1690. The summed E-state index contributed by atoms with van der Waals surface area (Å²) in [6, 6.07) is 8.99. The Morgan fingerprint density at radius 2 is 1.86 bits per heavy atom. The van der Waals surface area contributed by atoms with Crippen LogP contribution in [-0.4, -0.2) is 51.3 Å². The molecule has 6 rings (SSSR count). The third kappa shape index (κ3) is 5.10. The lowest BCUT2D eigenvalue weighted by Crippen LogP contribution is -2.55. The van der Waals surface area contributed by atoms with E-state index < -0.39 is 46.9 Å². The molecule has 226 valence electrons. The van der Waals surface area contributed by atoms with Crippen molar-refractivity contribution in [1.29, 1.82) is 5.26 Å². The summed E-state index contributed by atoms with van der Waals surface area (Å²) in [7, 11) is 0. The first-order valence-corrected chi connectivity index (χ1v) is 14.7. The summed E-state index contributed by atoms with van der Waals surface area (Å²) in [5.74, 6) is -4.81. The highest BCUT2D eigenvalue weighted by Gasteiger charge is 2.59. The number of carbonyl (C=O) groups is 2. The lowest BCUT2D eigenvalue weighted by Gasteiger charge is -2.47. The van der Waals surface area contributed by atoms with Gasteiger partial charge in [-0.1, -0.05) is 31.5 Å². The second kappa shape index (κ2) is 9.80. The van der Waals surface area contributed by atoms with Crippen LogP contribution < -0.4 is 0 Å². The van der Waals surface area contributed by atoms with Crippen molar-refractivity contribution < 1.29 is 32.3 Å². The van der Waals surface area contributed by atoms with Crippen molar-refractivity contribution in [2.45, 2.75) is 69.8 Å². The normalized spacial score (nSPS) is 27.2. The maximum atomic E-state index is 14.3. The highest BCUT2D eigenvalue weighted by Crippen LogP contribution is 2.55. The van der Waals surface area contributed by atoms with Gasteiger partial charge in [0.2, 0.25) is 11.7 Å². The molecule has 0 radical (unpaired) electrons. The molecule has 1 amide bonds. The standard InChI is InChI=1S/C32H31ClF3N3O4/c1-29(2)16-39(28(41)18-11-30(3,42)12-18)7-6-19(29)26(40)25-10-24-27(43-25)20(31(15-37)13-32(35,36)14-31)9-23(38-24)17-4-5-21(33)22(34)8-17/h4-5,8-10,18-19,42H,6-7,11-14,16H2,1-3H3. The zero-order valence-electron chi connectivity index (χ0n) is 24.0. The van der Waals surface area contributed by atoms with Gasteiger partial charge < -0.3 is 14.4 Å². The fourth-order valence-electron chi connectivity index (χ4n) is 7.10. The number of fused-ring (bicyclic) bond motifs is 1. The van der Waals surface area contributed by atoms with E-state index in [9.17, 15) is 33.1 Å². The van der Waals surface area contributed by atoms with E-state index in [2.05, 4.69) is 4.98 Å². The SMILES string of the molecule is CC1(O)CC(C(=O)N2CCC(C(=O)c3cc4nc(-c5ccc(Cl)c(F)c5)cc(C5(C#N)CC(F)(F)C5)c4o3)C(C)(C)C2)C1. The van der Waals surface area contributed by atoms with Gasteiger partial charge in [0.15, 0.2) is 11.3 Å². The molecule has 1 aromatic carbocycles. The van der Waals surface area contributed by atoms with Gasteiger partial charge in [-0.05, 0) is 49.8 Å². The Kier molecular flexibility index (Phi) is 6.75. The minimum Gasteiger partial charge on any atom is -0.451 e. The molecule has 0 spiro atoms. The zero-order chi connectivity index (χ0) is 31.1. The molecule has 7 nitrogen and oxygen atoms in total. The van der Waals surface area contributed by atoms with E-state index in [0.717, 1.165) is 0 Å². The summed E-state index contributed by atoms with van der Waals surface area (Å²) in [6.07, 6.45) is -0.212. The topological polar surface area (TPSA) is 107 Å². The third-order valence-electron chi connectivity index (χ3n) is 9.37. The summed E-state index contributed by atoms with van der Waals surface area (Å²) in [4.78, 5) is 33.3. The number of carbonyl (C=O) groups excluding carboxylic acids is 2. The number of benzene rings is 1. The number of nitrogens with zero attached hydrogens (tertiary/aromatic N) is 3. The van der Waals surface area contributed by atoms with Crippen LogP contribution in [-0.2, 0) is 10.2 Å². The van der Waals surface area contributed by atoms with E-state index in [1.54, 1.807) is 11.8 Å². The van der Waals surface area contributed by atoms with Crippen molar-refractivity contribution in [3.05, 3.63) is 52.5 Å². The molecule has 43 heavy (non-hydrogen) atoms. The number of halogens is 4. The van der Waals surface area contributed by atoms with Gasteiger partial charge in [-0.15, -0.1) is 0 Å². The number of nitriles is 1. The van der Waals surface area contributed by atoms with Crippen molar-refractivity contribution >= 4 is 34.4 Å². The summed E-state index contributed by atoms with van der Waals surface area (Å²) >= 11 is 5.84. The predicted molar refractivity (Wildman–Crippen MR) is 152 cm³/mol. The summed E-state index contributed by atoms with van der Waals surface area (Å²) in [5.41, 5.74) is -2.01. The average Bonchev–Trinajstić information content (AvgIpc) is 3.34. The van der Waals surface area contributed by atoms with Gasteiger partial charge in [0.25, 0.3) is 5.92 Å². The fraction of sp³-hybridized carbons (Fsp3) is 0.500. The number of pyridine rings is 1. The molecular weight excluding hydrogens is 583 g/mol. The Morgan fingerprint density at radius 1 is 1.16 bits per heavy atom. The monoisotopic (exact) mass is 613 g/mol. The number of amides is 1. The Balaban J connectivity index is 1.34. The van der Waals surface area contributed by atoms with Crippen molar-refractivity contribution in [3.63, 3.8) is 0 Å². The average molecular weight is 614 g/mol. The van der Waals surface area contributed by atoms with E-state index in [0.29, 0.717) is 37.9 Å². The van der Waals surface area contributed by atoms with Crippen LogP contribution >= 0.6 is 11.6 Å². The minimum absolute atomic E-state index is 0.0183. The number of aromatic nitrogens is 1. The molecular formula is C32H31ClF3N3O4. The van der Waals surface area contributed by atoms with Crippen LogP contribution in [0.3, 0.4) is 0 Å². The number of likely N-dealkylation sites (tertiary alicyclic amines) is 1. The van der Waals surface area contributed by atoms with Gasteiger partial charge in [0, 0.05) is 55.0 Å². The first-order valence-electron chi connectivity index (χ1n) is 14.3. The number of aliphatic hydroxyl groups is 1. The van der Waals surface area contributed by atoms with Crippen molar-refractivity contribution in [2.75, 3.05) is 13.1 Å². The summed E-state index contributed by atoms with van der Waals surface area (Å²) in [6.45, 7) is 6.26. The molecule has 1 atom stereocenters. The van der Waals surface area contributed by atoms with E-state index in [4.69, 9.17) is 16.0 Å². The van der Waals surface area contributed by atoms with E-state index >= 15 is 0 Å². The predicted octanol–water partition coefficient (Wildman–Crippen LogP) is 6.70. The zero-order valence-corrected chi connectivity index (χ0v) is 24.8. The van der Waals surface area contributed by atoms with Gasteiger partial charge in [-0.2, -0.15) is 5.26 Å². The minimum atomic E-state index is -3.03. The first-order chi connectivity index (χ1) is 20.0. The molecule has 2 aliphatic carbocycles. The second-order valence-electron chi connectivity index (χ2n) is 13.5. The van der Waals surface area contributed by atoms with Crippen LogP contribution in [0.2, 0.25) is 5.02 Å². The largest absolute Gasteiger partial charge is 0.451 e. The third-order valence-corrected chi connectivity index (χ3v) is 9.67. The Morgan fingerprint density at radius 3 is 2.44 bits per heavy atom. The molecule has 1 unspecified atom stereocenters. The molecule has 3 heterocycles. The number of hydrogen-bond acceptors (Lipinski definition) is 6. The highest BCUT2D eigenvalue weighted by molar-refractivity contribution is 6.30. The highest BCUT2D eigenvalue weighted by atomic mass is 35.5. The molecule has 1 aliphatic heterocycles. The number of ketones is 1. The maximum absolute atomic E-state index is 14.3. The molecule has 11 heteroatoms. The van der Waals surface area contributed by atoms with Crippen LogP contribution in [0.4, 0.5) is 13.2 Å². The number of furan rings is 1. The Hall–Kier alpha value is -3.42. The van der Waals surface area contributed by atoms with Gasteiger partial charge in [0.05, 0.1) is 27.8 Å². The maximum Gasteiger partial charge on any atom is 0.251 e. The van der Waals surface area contributed by atoms with Gasteiger partial charge >= 0.3 is 0 Å². The van der Waals surface area contributed by atoms with E-state index in [-0.39, 0.29) is 50.7 Å². The van der Waals surface area contributed by atoms with Crippen LogP contribution in [0.5, 0.6) is 0 Å². The molecule has 1 saturated heterocycles. The molecule has 0 bridgehead atoms. The van der Waals surface area contributed by atoms with Gasteiger partial charge in [-0.3, -0.25) is 9.59 Å². The van der Waals surface area contributed by atoms with Crippen molar-refractivity contribution in [2.24, 2.45) is 17.3 Å². The number of piperidine rings is 1. The van der Waals surface area contributed by atoms with Crippen LogP contribution in [0, 0.1) is 34.4 Å². The molecule has 1 N–H and O–H groups in total. The summed E-state index contributed by atoms with van der Waals surface area (Å²) < 4.78 is 48.6. The Labute approximate surface area is 251 Å². The molecule has 3 aliphatic rings. The fourth-order valence-corrected chi connectivity index (χ4v) is 7.22. The van der Waals surface area contributed by atoms with Crippen molar-refractivity contribution in [3.8, 4) is 17.3 Å². The molecule has 2 aromatic heterocycles. The van der Waals surface area contributed by atoms with Crippen LogP contribution in [0.15, 0.2) is 34.7 Å². The first kappa shape index (κ1) is 29.6. The number of rotatable bonds is 5. The van der Waals surface area contributed by atoms with E-state index in [1.165, 1.54) is 30.3 Å². The van der Waals surface area contributed by atoms with Crippen LogP contribution in [0.25, 0.3) is 22.4 Å². The smallest absolute Gasteiger partial charge is 0.251 e.